The van der Waals surface area contributed by atoms with Crippen LogP contribution in [0.1, 0.15) is 33.7 Å². The lowest BCUT2D eigenvalue weighted by Gasteiger charge is -2.23. The number of aromatic nitrogens is 2. The monoisotopic (exact) mass is 453 g/mol. The molecule has 0 saturated heterocycles. The average Bonchev–Trinajstić information content (AvgIpc) is 3.28. The molecule has 0 radical (unpaired) electrons. The zero-order valence-corrected chi connectivity index (χ0v) is 19.5. The highest BCUT2D eigenvalue weighted by Crippen LogP contribution is 2.28. The van der Waals surface area contributed by atoms with Crippen LogP contribution in [0.5, 0.6) is 0 Å². The second-order valence-electron chi connectivity index (χ2n) is 9.17. The van der Waals surface area contributed by atoms with E-state index in [-0.39, 0.29) is 17.4 Å². The van der Waals surface area contributed by atoms with Gasteiger partial charge in [-0.1, -0.05) is 54.6 Å². The Morgan fingerprint density at radius 2 is 1.74 bits per heavy atom. The number of fused-ring (bicyclic) bond motifs is 1. The van der Waals surface area contributed by atoms with E-state index in [1.807, 2.05) is 0 Å². The van der Waals surface area contributed by atoms with Crippen molar-refractivity contribution in [3.8, 4) is 22.4 Å². The summed E-state index contributed by atoms with van der Waals surface area (Å²) in [6.45, 7) is 5.58. The van der Waals surface area contributed by atoms with Crippen molar-refractivity contribution in [2.45, 2.75) is 33.2 Å². The van der Waals surface area contributed by atoms with E-state index in [2.05, 4.69) is 72.4 Å². The van der Waals surface area contributed by atoms with Crippen LogP contribution in [0.25, 0.3) is 22.4 Å². The fourth-order valence-electron chi connectivity index (χ4n) is 4.55. The minimum atomic E-state index is -0.492. The molecule has 4 aromatic rings. The highest BCUT2D eigenvalue weighted by Gasteiger charge is 2.22. The molecule has 2 heterocycles. The third-order valence-electron chi connectivity index (χ3n) is 6.78. The van der Waals surface area contributed by atoms with Gasteiger partial charge in [0, 0.05) is 31.3 Å². The second kappa shape index (κ2) is 9.26. The molecule has 1 N–H and O–H groups in total. The van der Waals surface area contributed by atoms with Crippen molar-refractivity contribution in [2.24, 2.45) is 5.92 Å². The van der Waals surface area contributed by atoms with E-state index in [9.17, 15) is 9.18 Å². The van der Waals surface area contributed by atoms with Gasteiger partial charge in [-0.05, 0) is 60.6 Å². The highest BCUT2D eigenvalue weighted by molar-refractivity contribution is 5.94. The second-order valence-corrected chi connectivity index (χ2v) is 9.17. The van der Waals surface area contributed by atoms with Crippen LogP contribution in [0.2, 0.25) is 0 Å². The number of hydrogen-bond donors (Lipinski definition) is 1. The maximum absolute atomic E-state index is 13.8. The molecule has 34 heavy (non-hydrogen) atoms. The van der Waals surface area contributed by atoms with Crippen LogP contribution in [0.15, 0.2) is 72.9 Å². The topological polar surface area (TPSA) is 46.9 Å². The van der Waals surface area contributed by atoms with E-state index < -0.39 is 5.82 Å². The molecule has 172 valence electrons. The predicted molar refractivity (Wildman–Crippen MR) is 133 cm³/mol. The van der Waals surface area contributed by atoms with Crippen LogP contribution in [0.3, 0.4) is 0 Å². The Hall–Kier alpha value is -3.73. The molecule has 5 heteroatoms. The van der Waals surface area contributed by atoms with Crippen molar-refractivity contribution in [1.82, 2.24) is 14.9 Å². The number of nitrogens with one attached hydrogen (secondary N) is 1. The van der Waals surface area contributed by atoms with Gasteiger partial charge in [0.15, 0.2) is 0 Å². The summed E-state index contributed by atoms with van der Waals surface area (Å²) in [6.07, 6.45) is 3.91. The SMILES string of the molecule is Cc1ccc(-c2ccc(-c3cn4c(n3)CCC(CNC(=O)c3ccccc3F)C4)cc2)cc1C. The Balaban J connectivity index is 1.25. The van der Waals surface area contributed by atoms with Crippen molar-refractivity contribution in [3.63, 3.8) is 0 Å². The molecule has 1 aliphatic heterocycles. The first-order valence-electron chi connectivity index (χ1n) is 11.7. The van der Waals surface area contributed by atoms with Crippen molar-refractivity contribution in [2.75, 3.05) is 6.54 Å². The summed E-state index contributed by atoms with van der Waals surface area (Å²) in [5.74, 6) is 0.509. The van der Waals surface area contributed by atoms with Gasteiger partial charge >= 0.3 is 0 Å². The quantitative estimate of drug-likeness (QED) is 0.405. The average molecular weight is 454 g/mol. The Labute approximate surface area is 199 Å². The van der Waals surface area contributed by atoms with Crippen LogP contribution in [-0.4, -0.2) is 22.0 Å². The Morgan fingerprint density at radius 3 is 2.50 bits per heavy atom. The zero-order valence-electron chi connectivity index (χ0n) is 19.5. The normalized spacial score (nSPS) is 15.1. The maximum atomic E-state index is 13.8. The molecule has 0 bridgehead atoms. The lowest BCUT2D eigenvalue weighted by Crippen LogP contribution is -2.34. The largest absolute Gasteiger partial charge is 0.352 e. The van der Waals surface area contributed by atoms with Gasteiger partial charge in [-0.2, -0.15) is 0 Å². The fourth-order valence-corrected chi connectivity index (χ4v) is 4.55. The molecular weight excluding hydrogens is 425 g/mol. The number of amides is 1. The first kappa shape index (κ1) is 22.1. The first-order chi connectivity index (χ1) is 16.5. The minimum Gasteiger partial charge on any atom is -0.352 e. The molecule has 3 aromatic carbocycles. The molecule has 4 nitrogen and oxygen atoms in total. The number of hydrogen-bond acceptors (Lipinski definition) is 2. The van der Waals surface area contributed by atoms with Crippen LogP contribution >= 0.6 is 0 Å². The van der Waals surface area contributed by atoms with E-state index in [4.69, 9.17) is 4.98 Å². The maximum Gasteiger partial charge on any atom is 0.254 e. The summed E-state index contributed by atoms with van der Waals surface area (Å²) in [7, 11) is 0. The van der Waals surface area contributed by atoms with Crippen LogP contribution in [0, 0.1) is 25.6 Å². The highest BCUT2D eigenvalue weighted by atomic mass is 19.1. The molecule has 0 aliphatic carbocycles. The minimum absolute atomic E-state index is 0.0909. The molecule has 1 aromatic heterocycles. The van der Waals surface area contributed by atoms with E-state index in [1.54, 1.807) is 12.1 Å². The number of nitrogens with zero attached hydrogens (tertiary/aromatic N) is 2. The van der Waals surface area contributed by atoms with E-state index in [0.717, 1.165) is 36.5 Å². The van der Waals surface area contributed by atoms with Crippen molar-refractivity contribution < 1.29 is 9.18 Å². The van der Waals surface area contributed by atoms with E-state index in [1.165, 1.54) is 34.4 Å². The third kappa shape index (κ3) is 4.51. The first-order valence-corrected chi connectivity index (χ1v) is 11.7. The summed E-state index contributed by atoms with van der Waals surface area (Å²) in [6, 6.07) is 21.2. The van der Waals surface area contributed by atoms with Crippen molar-refractivity contribution in [3.05, 3.63) is 101 Å². The number of imidazole rings is 1. The smallest absolute Gasteiger partial charge is 0.254 e. The summed E-state index contributed by atoms with van der Waals surface area (Å²) in [5.41, 5.74) is 7.17. The van der Waals surface area contributed by atoms with Gasteiger partial charge in [-0.25, -0.2) is 9.37 Å². The fraction of sp³-hybridized carbons (Fsp3) is 0.241. The summed E-state index contributed by atoms with van der Waals surface area (Å²) < 4.78 is 16.0. The van der Waals surface area contributed by atoms with Crippen LogP contribution in [-0.2, 0) is 13.0 Å². The Kier molecular flexibility index (Phi) is 6.01. The molecule has 0 spiro atoms. The van der Waals surface area contributed by atoms with Gasteiger partial charge in [0.05, 0.1) is 11.3 Å². The van der Waals surface area contributed by atoms with Gasteiger partial charge in [0.1, 0.15) is 11.6 Å². The van der Waals surface area contributed by atoms with Gasteiger partial charge in [0.2, 0.25) is 0 Å². The lowest BCUT2D eigenvalue weighted by atomic mass is 9.99. The van der Waals surface area contributed by atoms with Gasteiger partial charge in [0.25, 0.3) is 5.91 Å². The lowest BCUT2D eigenvalue weighted by molar-refractivity contribution is 0.0939. The van der Waals surface area contributed by atoms with Crippen molar-refractivity contribution in [1.29, 1.82) is 0 Å². The van der Waals surface area contributed by atoms with Crippen molar-refractivity contribution >= 4 is 5.91 Å². The van der Waals surface area contributed by atoms with Gasteiger partial charge < -0.3 is 9.88 Å². The number of carbonyl (C=O) groups excluding carboxylic acids is 1. The van der Waals surface area contributed by atoms with Gasteiger partial charge in [-0.15, -0.1) is 0 Å². The molecule has 1 unspecified atom stereocenters. The molecule has 1 amide bonds. The predicted octanol–water partition coefficient (Wildman–Crippen LogP) is 5.97. The summed E-state index contributed by atoms with van der Waals surface area (Å²) >= 11 is 0. The number of halogens is 1. The molecule has 0 saturated carbocycles. The molecule has 1 aliphatic rings. The Bertz CT molecular complexity index is 1340. The molecular formula is C29H28FN3O. The Morgan fingerprint density at radius 1 is 1.00 bits per heavy atom. The number of benzene rings is 3. The van der Waals surface area contributed by atoms with E-state index >= 15 is 0 Å². The molecule has 5 rings (SSSR count). The number of aryl methyl sites for hydroxylation is 3. The van der Waals surface area contributed by atoms with Gasteiger partial charge in [-0.3, -0.25) is 4.79 Å². The number of carbonyl (C=O) groups is 1. The molecule has 0 fully saturated rings. The zero-order chi connectivity index (χ0) is 23.7. The third-order valence-corrected chi connectivity index (χ3v) is 6.78. The number of rotatable bonds is 5. The molecule has 1 atom stereocenters. The van der Waals surface area contributed by atoms with Crippen LogP contribution in [0.4, 0.5) is 4.39 Å². The standard InChI is InChI=1S/C29H28FN3O/c1-19-7-9-24(15-20(19)2)22-10-12-23(13-11-22)27-18-33-17-21(8-14-28(33)32-27)16-31-29(34)25-5-3-4-6-26(25)30/h3-7,9-13,15,18,21H,8,14,16-17H2,1-2H3,(H,31,34). The summed E-state index contributed by atoms with van der Waals surface area (Å²) in [5, 5.41) is 2.90. The van der Waals surface area contributed by atoms with Crippen LogP contribution < -0.4 is 5.32 Å². The van der Waals surface area contributed by atoms with E-state index in [0.29, 0.717) is 6.54 Å². The summed E-state index contributed by atoms with van der Waals surface area (Å²) in [4.78, 5) is 17.2.